The van der Waals surface area contributed by atoms with Crippen LogP contribution in [0.2, 0.25) is 0 Å². The molecule has 0 radical (unpaired) electrons. The van der Waals surface area contributed by atoms with E-state index in [1.165, 1.54) is 0 Å². The van der Waals surface area contributed by atoms with E-state index in [2.05, 4.69) is 34.3 Å². The Kier molecular flexibility index (Phi) is 3.97. The van der Waals surface area contributed by atoms with E-state index in [0.29, 0.717) is 0 Å². The van der Waals surface area contributed by atoms with Gasteiger partial charge in [-0.25, -0.2) is 9.50 Å². The van der Waals surface area contributed by atoms with Crippen LogP contribution in [0, 0.1) is 6.92 Å². The summed E-state index contributed by atoms with van der Waals surface area (Å²) >= 11 is 0. The van der Waals surface area contributed by atoms with Crippen LogP contribution in [0.5, 0.6) is 0 Å². The molecule has 4 heterocycles. The highest BCUT2D eigenvalue weighted by molar-refractivity contribution is 6.04. The molecule has 7 heteroatoms. The molecule has 0 atom stereocenters. The highest BCUT2D eigenvalue weighted by Gasteiger charge is 2.17. The Bertz CT molecular complexity index is 731. The first-order valence-electron chi connectivity index (χ1n) is 8.25. The van der Waals surface area contributed by atoms with Gasteiger partial charge in [-0.15, -0.1) is 0 Å². The number of aryl methyl sites for hydroxylation is 1. The van der Waals surface area contributed by atoms with Crippen molar-refractivity contribution >= 4 is 11.5 Å². The fourth-order valence-corrected chi connectivity index (χ4v) is 3.08. The van der Waals surface area contributed by atoms with Crippen LogP contribution < -0.4 is 5.32 Å². The number of pyridine rings is 1. The van der Waals surface area contributed by atoms with Gasteiger partial charge in [0.15, 0.2) is 11.5 Å². The predicted octanol–water partition coefficient (Wildman–Crippen LogP) is 0.262. The molecule has 4 rings (SSSR count). The van der Waals surface area contributed by atoms with E-state index in [-0.39, 0.29) is 0 Å². The number of aliphatic imine (C=N–C) groups is 1. The number of nitrogens with one attached hydrogen (secondary N) is 1. The second kappa shape index (κ2) is 6.25. The third-order valence-electron chi connectivity index (χ3n) is 4.40. The minimum atomic E-state index is 0.827. The Balaban J connectivity index is 1.58. The summed E-state index contributed by atoms with van der Waals surface area (Å²) in [6.45, 7) is 8.41. The van der Waals surface area contributed by atoms with Crippen LogP contribution in [0.15, 0.2) is 17.1 Å². The molecule has 122 valence electrons. The molecule has 0 bridgehead atoms. The number of nitrogens with zero attached hydrogens (tertiary/aromatic N) is 5. The lowest BCUT2D eigenvalue weighted by molar-refractivity contribution is 0.0382. The largest absolute Gasteiger partial charge is 0.379 e. The van der Waals surface area contributed by atoms with Gasteiger partial charge < -0.3 is 10.1 Å². The fourth-order valence-electron chi connectivity index (χ4n) is 3.08. The quantitative estimate of drug-likeness (QED) is 0.877. The van der Waals surface area contributed by atoms with Crippen molar-refractivity contribution in [3.8, 4) is 0 Å². The summed E-state index contributed by atoms with van der Waals surface area (Å²) in [5.41, 5.74) is 3.03. The van der Waals surface area contributed by atoms with Gasteiger partial charge in [0.2, 0.25) is 0 Å². The molecule has 2 aromatic heterocycles. The average molecular weight is 314 g/mol. The number of rotatable bonds is 4. The number of aromatic nitrogens is 3. The van der Waals surface area contributed by atoms with Gasteiger partial charge in [0.05, 0.1) is 25.3 Å². The zero-order chi connectivity index (χ0) is 15.6. The van der Waals surface area contributed by atoms with Crippen molar-refractivity contribution in [3.63, 3.8) is 0 Å². The van der Waals surface area contributed by atoms with Gasteiger partial charge in [-0.1, -0.05) is 0 Å². The normalized spacial score (nSPS) is 19.1. The van der Waals surface area contributed by atoms with Crippen molar-refractivity contribution < 1.29 is 4.74 Å². The van der Waals surface area contributed by atoms with Crippen LogP contribution in [0.4, 0.5) is 0 Å². The molecule has 0 saturated carbocycles. The third kappa shape index (κ3) is 2.94. The van der Waals surface area contributed by atoms with Crippen molar-refractivity contribution in [1.82, 2.24) is 24.8 Å². The monoisotopic (exact) mass is 314 g/mol. The summed E-state index contributed by atoms with van der Waals surface area (Å²) in [6, 6.07) is 4.16. The second-order valence-electron chi connectivity index (χ2n) is 6.01. The van der Waals surface area contributed by atoms with Crippen LogP contribution in [0.1, 0.15) is 17.1 Å². The van der Waals surface area contributed by atoms with Crippen molar-refractivity contribution in [2.24, 2.45) is 4.99 Å². The number of fused-ring (bicyclic) bond motifs is 1. The van der Waals surface area contributed by atoms with E-state index in [0.717, 1.165) is 80.9 Å². The molecule has 0 aliphatic carbocycles. The molecule has 2 aliphatic rings. The summed E-state index contributed by atoms with van der Waals surface area (Å²) < 4.78 is 7.33. The zero-order valence-electron chi connectivity index (χ0n) is 13.5. The van der Waals surface area contributed by atoms with Crippen LogP contribution >= 0.6 is 0 Å². The summed E-state index contributed by atoms with van der Waals surface area (Å²) in [6.07, 6.45) is 0.862. The first-order valence-corrected chi connectivity index (χ1v) is 8.25. The second-order valence-corrected chi connectivity index (χ2v) is 6.01. The summed E-state index contributed by atoms with van der Waals surface area (Å²) in [5.74, 6) is 1.83. The molecule has 1 saturated heterocycles. The van der Waals surface area contributed by atoms with Crippen LogP contribution in [-0.4, -0.2) is 71.3 Å². The van der Waals surface area contributed by atoms with Crippen LogP contribution in [0.25, 0.3) is 5.65 Å². The van der Waals surface area contributed by atoms with Crippen molar-refractivity contribution in [2.75, 3.05) is 45.9 Å². The Hall–Kier alpha value is -1.99. The van der Waals surface area contributed by atoms with E-state index in [4.69, 9.17) is 14.8 Å². The van der Waals surface area contributed by atoms with Gasteiger partial charge in [0, 0.05) is 38.3 Å². The Labute approximate surface area is 135 Å². The third-order valence-corrected chi connectivity index (χ3v) is 4.40. The number of amidine groups is 1. The van der Waals surface area contributed by atoms with Crippen LogP contribution in [-0.2, 0) is 11.2 Å². The molecular formula is C16H22N6O. The van der Waals surface area contributed by atoms with Crippen molar-refractivity contribution in [3.05, 3.63) is 29.2 Å². The molecule has 0 spiro atoms. The van der Waals surface area contributed by atoms with Gasteiger partial charge in [0.25, 0.3) is 0 Å². The standard InChI is InChI=1S/C16H22N6O/c1-12-2-3-13(15-17-5-6-18-15)16-19-14(20-22(12)16)4-7-21-8-10-23-11-9-21/h2-3H,4-11H2,1H3,(H,17,18). The molecule has 1 fully saturated rings. The topological polar surface area (TPSA) is 67.0 Å². The number of hydrogen-bond donors (Lipinski definition) is 1. The van der Waals surface area contributed by atoms with E-state index < -0.39 is 0 Å². The minimum absolute atomic E-state index is 0.827. The summed E-state index contributed by atoms with van der Waals surface area (Å²) in [7, 11) is 0. The van der Waals surface area contributed by atoms with E-state index in [9.17, 15) is 0 Å². The molecule has 2 aromatic rings. The number of ether oxygens (including phenoxy) is 1. The fraction of sp³-hybridized carbons (Fsp3) is 0.562. The molecule has 0 aromatic carbocycles. The lowest BCUT2D eigenvalue weighted by atomic mass is 10.2. The maximum Gasteiger partial charge on any atom is 0.166 e. The molecular weight excluding hydrogens is 292 g/mol. The maximum absolute atomic E-state index is 5.39. The highest BCUT2D eigenvalue weighted by atomic mass is 16.5. The van der Waals surface area contributed by atoms with E-state index in [1.807, 2.05) is 4.52 Å². The molecule has 23 heavy (non-hydrogen) atoms. The number of hydrogen-bond acceptors (Lipinski definition) is 6. The van der Waals surface area contributed by atoms with Gasteiger partial charge in [-0.05, 0) is 19.1 Å². The smallest absolute Gasteiger partial charge is 0.166 e. The average Bonchev–Trinajstić information content (AvgIpc) is 3.24. The van der Waals surface area contributed by atoms with Gasteiger partial charge >= 0.3 is 0 Å². The van der Waals surface area contributed by atoms with Gasteiger partial charge in [-0.3, -0.25) is 9.89 Å². The Morgan fingerprint density at radius 2 is 2.13 bits per heavy atom. The van der Waals surface area contributed by atoms with Crippen molar-refractivity contribution in [1.29, 1.82) is 0 Å². The minimum Gasteiger partial charge on any atom is -0.379 e. The Morgan fingerprint density at radius 3 is 2.91 bits per heavy atom. The highest BCUT2D eigenvalue weighted by Crippen LogP contribution is 2.14. The first-order chi connectivity index (χ1) is 11.3. The lowest BCUT2D eigenvalue weighted by Crippen LogP contribution is -2.37. The summed E-state index contributed by atoms with van der Waals surface area (Å²) in [5, 5.41) is 8.02. The predicted molar refractivity (Wildman–Crippen MR) is 88.1 cm³/mol. The zero-order valence-corrected chi connectivity index (χ0v) is 13.5. The molecule has 2 aliphatic heterocycles. The lowest BCUT2D eigenvalue weighted by Gasteiger charge is -2.25. The first kappa shape index (κ1) is 14.6. The number of morpholine rings is 1. The van der Waals surface area contributed by atoms with E-state index in [1.54, 1.807) is 0 Å². The van der Waals surface area contributed by atoms with Gasteiger partial charge in [-0.2, -0.15) is 5.10 Å². The maximum atomic E-state index is 5.39. The molecule has 1 N–H and O–H groups in total. The van der Waals surface area contributed by atoms with Crippen molar-refractivity contribution in [2.45, 2.75) is 13.3 Å². The molecule has 7 nitrogen and oxygen atoms in total. The van der Waals surface area contributed by atoms with E-state index >= 15 is 0 Å². The Morgan fingerprint density at radius 1 is 1.26 bits per heavy atom. The summed E-state index contributed by atoms with van der Waals surface area (Å²) in [4.78, 5) is 11.7. The van der Waals surface area contributed by atoms with Crippen LogP contribution in [0.3, 0.4) is 0 Å². The van der Waals surface area contributed by atoms with Gasteiger partial charge in [0.1, 0.15) is 5.84 Å². The molecule has 0 amide bonds. The SMILES string of the molecule is Cc1ccc(C2=NCCN2)c2nc(CCN3CCOCC3)nn12. The molecule has 0 unspecified atom stereocenters.